The Balaban J connectivity index is 1.65. The number of fused-ring (bicyclic) bond motifs is 1. The molecule has 0 aromatic heterocycles. The van der Waals surface area contributed by atoms with Crippen LogP contribution >= 0.6 is 0 Å². The molecular weight excluding hydrogens is 245 g/mol. The van der Waals surface area contributed by atoms with Crippen LogP contribution in [0.25, 0.3) is 0 Å². The first kappa shape index (κ1) is 12.3. The van der Waals surface area contributed by atoms with E-state index in [9.17, 15) is 9.18 Å². The summed E-state index contributed by atoms with van der Waals surface area (Å²) in [7, 11) is 0. The molecule has 19 heavy (non-hydrogen) atoms. The third-order valence-corrected chi connectivity index (χ3v) is 4.27. The van der Waals surface area contributed by atoms with Crippen LogP contribution in [0, 0.1) is 17.7 Å². The van der Waals surface area contributed by atoms with Crippen molar-refractivity contribution in [3.8, 4) is 0 Å². The number of amides is 2. The van der Waals surface area contributed by atoms with Gasteiger partial charge in [0, 0.05) is 13.1 Å². The lowest BCUT2D eigenvalue weighted by molar-refractivity contribution is 0.219. The number of urea groups is 1. The second-order valence-corrected chi connectivity index (χ2v) is 5.52. The lowest BCUT2D eigenvalue weighted by Gasteiger charge is -2.18. The molecule has 1 aromatic carbocycles. The number of nitrogen functional groups attached to an aromatic ring is 1. The van der Waals surface area contributed by atoms with Gasteiger partial charge in [0.25, 0.3) is 0 Å². The highest BCUT2D eigenvalue weighted by Gasteiger charge is 2.38. The van der Waals surface area contributed by atoms with Crippen LogP contribution in [0.2, 0.25) is 0 Å². The topological polar surface area (TPSA) is 58.4 Å². The molecule has 5 heteroatoms. The van der Waals surface area contributed by atoms with Crippen LogP contribution in [0.5, 0.6) is 0 Å². The first-order chi connectivity index (χ1) is 9.13. The maximum absolute atomic E-state index is 12.9. The first-order valence-corrected chi connectivity index (χ1v) is 6.74. The van der Waals surface area contributed by atoms with Crippen LogP contribution in [0.3, 0.4) is 0 Å². The van der Waals surface area contributed by atoms with Crippen molar-refractivity contribution in [1.82, 2.24) is 4.90 Å². The van der Waals surface area contributed by atoms with Crippen molar-refractivity contribution in [2.75, 3.05) is 24.1 Å². The van der Waals surface area contributed by atoms with E-state index >= 15 is 0 Å². The number of nitrogens with zero attached hydrogens (tertiary/aromatic N) is 1. The standard InChI is InChI=1S/C14H18FN3O/c15-11-4-5-13(12(16)6-11)17-14(19)18-7-9-2-1-3-10(9)8-18/h4-6,9-10H,1-3,7-8,16H2,(H,17,19). The van der Waals surface area contributed by atoms with Crippen LogP contribution in [0.15, 0.2) is 18.2 Å². The molecule has 1 aliphatic heterocycles. The van der Waals surface area contributed by atoms with E-state index in [4.69, 9.17) is 5.73 Å². The van der Waals surface area contributed by atoms with E-state index in [2.05, 4.69) is 5.32 Å². The van der Waals surface area contributed by atoms with Crippen molar-refractivity contribution in [1.29, 1.82) is 0 Å². The number of hydrogen-bond donors (Lipinski definition) is 2. The monoisotopic (exact) mass is 263 g/mol. The third-order valence-electron chi connectivity index (χ3n) is 4.27. The van der Waals surface area contributed by atoms with Gasteiger partial charge in [-0.2, -0.15) is 0 Å². The molecule has 102 valence electrons. The van der Waals surface area contributed by atoms with E-state index in [0.717, 1.165) is 13.1 Å². The summed E-state index contributed by atoms with van der Waals surface area (Å²) < 4.78 is 12.9. The number of anilines is 2. The Bertz CT molecular complexity index is 493. The minimum atomic E-state index is -0.397. The summed E-state index contributed by atoms with van der Waals surface area (Å²) in [6.45, 7) is 1.66. The lowest BCUT2D eigenvalue weighted by Crippen LogP contribution is -2.33. The van der Waals surface area contributed by atoms with Gasteiger partial charge in [-0.1, -0.05) is 6.42 Å². The highest BCUT2D eigenvalue weighted by Crippen LogP contribution is 2.37. The normalized spacial score (nSPS) is 25.4. The third kappa shape index (κ3) is 2.37. The molecule has 3 rings (SSSR count). The number of halogens is 1. The van der Waals surface area contributed by atoms with Gasteiger partial charge >= 0.3 is 6.03 Å². The number of rotatable bonds is 1. The van der Waals surface area contributed by atoms with Gasteiger partial charge in [0.1, 0.15) is 5.82 Å². The summed E-state index contributed by atoms with van der Waals surface area (Å²) >= 11 is 0. The van der Waals surface area contributed by atoms with Gasteiger partial charge in [-0.25, -0.2) is 9.18 Å². The number of likely N-dealkylation sites (tertiary alicyclic amines) is 1. The summed E-state index contributed by atoms with van der Waals surface area (Å²) in [5, 5.41) is 2.76. The molecule has 1 aromatic rings. The minimum absolute atomic E-state index is 0.132. The van der Waals surface area contributed by atoms with Crippen molar-refractivity contribution in [3.63, 3.8) is 0 Å². The predicted octanol–water partition coefficient (Wildman–Crippen LogP) is 2.67. The summed E-state index contributed by atoms with van der Waals surface area (Å²) in [5.74, 6) is 0.929. The molecule has 0 bridgehead atoms. The second kappa shape index (κ2) is 4.72. The fourth-order valence-corrected chi connectivity index (χ4v) is 3.24. The second-order valence-electron chi connectivity index (χ2n) is 5.52. The smallest absolute Gasteiger partial charge is 0.321 e. The SMILES string of the molecule is Nc1cc(F)ccc1NC(=O)N1CC2CCCC2C1. The van der Waals surface area contributed by atoms with Gasteiger partial charge in [-0.05, 0) is 42.9 Å². The number of carbonyl (C=O) groups is 1. The van der Waals surface area contributed by atoms with Gasteiger partial charge in [0.05, 0.1) is 11.4 Å². The minimum Gasteiger partial charge on any atom is -0.397 e. The van der Waals surface area contributed by atoms with Gasteiger partial charge in [0.15, 0.2) is 0 Å². The Labute approximate surface area is 111 Å². The number of hydrogen-bond acceptors (Lipinski definition) is 2. The van der Waals surface area contributed by atoms with Crippen molar-refractivity contribution in [2.24, 2.45) is 11.8 Å². The van der Waals surface area contributed by atoms with E-state index in [1.54, 1.807) is 0 Å². The Morgan fingerprint density at radius 1 is 1.32 bits per heavy atom. The predicted molar refractivity (Wildman–Crippen MR) is 72.2 cm³/mol. The number of nitrogens with one attached hydrogen (secondary N) is 1. The summed E-state index contributed by atoms with van der Waals surface area (Å²) in [4.78, 5) is 14.0. The van der Waals surface area contributed by atoms with Crippen LogP contribution in [-0.2, 0) is 0 Å². The molecule has 2 amide bonds. The molecule has 2 unspecified atom stereocenters. The van der Waals surface area contributed by atoms with Gasteiger partial charge in [-0.3, -0.25) is 0 Å². The number of benzene rings is 1. The molecule has 1 heterocycles. The molecule has 3 N–H and O–H groups in total. The molecule has 0 spiro atoms. The van der Waals surface area contributed by atoms with E-state index in [-0.39, 0.29) is 11.7 Å². The van der Waals surface area contributed by atoms with E-state index in [1.807, 2.05) is 4.90 Å². The zero-order valence-electron chi connectivity index (χ0n) is 10.7. The Morgan fingerprint density at radius 2 is 2.00 bits per heavy atom. The molecule has 2 fully saturated rings. The molecule has 1 saturated heterocycles. The zero-order valence-corrected chi connectivity index (χ0v) is 10.7. The van der Waals surface area contributed by atoms with Gasteiger partial charge in [0.2, 0.25) is 0 Å². The fraction of sp³-hybridized carbons (Fsp3) is 0.500. The van der Waals surface area contributed by atoms with Crippen LogP contribution in [-0.4, -0.2) is 24.0 Å². The highest BCUT2D eigenvalue weighted by molar-refractivity contribution is 5.92. The van der Waals surface area contributed by atoms with Gasteiger partial charge in [-0.15, -0.1) is 0 Å². The van der Waals surface area contributed by atoms with E-state index in [1.165, 1.54) is 37.5 Å². The average Bonchev–Trinajstić information content (AvgIpc) is 2.93. The maximum atomic E-state index is 12.9. The van der Waals surface area contributed by atoms with Crippen molar-refractivity contribution in [3.05, 3.63) is 24.0 Å². The maximum Gasteiger partial charge on any atom is 0.321 e. The Morgan fingerprint density at radius 3 is 2.63 bits per heavy atom. The molecule has 4 nitrogen and oxygen atoms in total. The Kier molecular flexibility index (Phi) is 3.05. The molecule has 2 atom stereocenters. The van der Waals surface area contributed by atoms with Gasteiger partial charge < -0.3 is 16.0 Å². The van der Waals surface area contributed by atoms with Crippen molar-refractivity contribution >= 4 is 17.4 Å². The molecular formula is C14H18FN3O. The van der Waals surface area contributed by atoms with Crippen LogP contribution < -0.4 is 11.1 Å². The molecule has 2 aliphatic rings. The average molecular weight is 263 g/mol. The van der Waals surface area contributed by atoms with Crippen molar-refractivity contribution < 1.29 is 9.18 Å². The highest BCUT2D eigenvalue weighted by atomic mass is 19.1. The Hall–Kier alpha value is -1.78. The number of nitrogens with two attached hydrogens (primary N) is 1. The van der Waals surface area contributed by atoms with E-state index < -0.39 is 5.82 Å². The molecule has 1 aliphatic carbocycles. The lowest BCUT2D eigenvalue weighted by atomic mass is 10.0. The summed E-state index contributed by atoms with van der Waals surface area (Å²) in [5.41, 5.74) is 6.42. The van der Waals surface area contributed by atoms with Crippen LogP contribution in [0.1, 0.15) is 19.3 Å². The van der Waals surface area contributed by atoms with Crippen molar-refractivity contribution in [2.45, 2.75) is 19.3 Å². The first-order valence-electron chi connectivity index (χ1n) is 6.74. The quantitative estimate of drug-likeness (QED) is 0.765. The largest absolute Gasteiger partial charge is 0.397 e. The number of carbonyl (C=O) groups excluding carboxylic acids is 1. The molecule has 1 saturated carbocycles. The summed E-state index contributed by atoms with van der Waals surface area (Å²) in [6, 6.07) is 3.88. The van der Waals surface area contributed by atoms with E-state index in [0.29, 0.717) is 17.5 Å². The molecule has 0 radical (unpaired) electrons. The fourth-order valence-electron chi connectivity index (χ4n) is 3.24. The van der Waals surface area contributed by atoms with Crippen LogP contribution in [0.4, 0.5) is 20.6 Å². The summed E-state index contributed by atoms with van der Waals surface area (Å²) in [6.07, 6.45) is 3.75. The zero-order chi connectivity index (χ0) is 13.4.